The highest BCUT2D eigenvalue weighted by atomic mass is 16.5. The van der Waals surface area contributed by atoms with Crippen molar-refractivity contribution in [3.63, 3.8) is 0 Å². The molecule has 1 aliphatic rings. The van der Waals surface area contributed by atoms with Crippen molar-refractivity contribution in [3.8, 4) is 0 Å². The van der Waals surface area contributed by atoms with E-state index in [9.17, 15) is 4.79 Å². The number of allylic oxidation sites excluding steroid dienone is 1. The molecule has 0 N–H and O–H groups in total. The second-order valence-corrected chi connectivity index (χ2v) is 5.12. The lowest BCUT2D eigenvalue weighted by atomic mass is 9.88. The minimum Gasteiger partial charge on any atom is -0.492 e. The van der Waals surface area contributed by atoms with Gasteiger partial charge < -0.3 is 4.74 Å². The topological polar surface area (TPSA) is 26.3 Å². The molecule has 0 aliphatic carbocycles. The summed E-state index contributed by atoms with van der Waals surface area (Å²) in [5.74, 6) is 0.0376. The highest BCUT2D eigenvalue weighted by molar-refractivity contribution is 5.97. The third-order valence-electron chi connectivity index (χ3n) is 3.75. The molecule has 0 spiro atoms. The first-order chi connectivity index (χ1) is 9.16. The number of carbonyl (C=O) groups is 1. The van der Waals surface area contributed by atoms with Crippen LogP contribution in [0, 0.1) is 5.92 Å². The first-order valence-corrected chi connectivity index (χ1v) is 6.52. The maximum Gasteiger partial charge on any atom is 0.168 e. The van der Waals surface area contributed by atoms with Gasteiger partial charge in [0.05, 0.1) is 12.2 Å². The van der Waals surface area contributed by atoms with E-state index < -0.39 is 0 Å². The predicted molar refractivity (Wildman–Crippen MR) is 75.7 cm³/mol. The summed E-state index contributed by atoms with van der Waals surface area (Å²) < 4.78 is 5.72. The van der Waals surface area contributed by atoms with Gasteiger partial charge in [0.1, 0.15) is 6.10 Å². The first kappa shape index (κ1) is 12.0. The fraction of sp³-hybridized carbons (Fsp3) is 0.235. The molecule has 1 heterocycles. The quantitative estimate of drug-likeness (QED) is 0.766. The summed E-state index contributed by atoms with van der Waals surface area (Å²) in [6, 6.07) is 14.4. The number of carbonyl (C=O) groups excluding carboxylic acids is 1. The van der Waals surface area contributed by atoms with Crippen LogP contribution in [0.3, 0.4) is 0 Å². The van der Waals surface area contributed by atoms with Crippen molar-refractivity contribution in [1.29, 1.82) is 0 Å². The maximum absolute atomic E-state index is 12.0. The molecule has 0 saturated carbocycles. The van der Waals surface area contributed by atoms with Crippen molar-refractivity contribution in [2.45, 2.75) is 20.0 Å². The van der Waals surface area contributed by atoms with E-state index in [-0.39, 0.29) is 17.8 Å². The van der Waals surface area contributed by atoms with Crippen LogP contribution in [0.15, 0.2) is 54.3 Å². The molecule has 0 aromatic heterocycles. The van der Waals surface area contributed by atoms with Gasteiger partial charge in [0.15, 0.2) is 5.78 Å². The molecule has 0 unspecified atom stereocenters. The zero-order valence-corrected chi connectivity index (χ0v) is 11.1. The van der Waals surface area contributed by atoms with Crippen molar-refractivity contribution in [2.75, 3.05) is 0 Å². The molecule has 0 bridgehead atoms. The molecule has 2 aromatic rings. The van der Waals surface area contributed by atoms with Crippen molar-refractivity contribution >= 4 is 16.6 Å². The van der Waals surface area contributed by atoms with Gasteiger partial charge in [0.2, 0.25) is 0 Å². The van der Waals surface area contributed by atoms with E-state index in [1.54, 1.807) is 13.2 Å². The van der Waals surface area contributed by atoms with E-state index in [4.69, 9.17) is 4.74 Å². The summed E-state index contributed by atoms with van der Waals surface area (Å²) in [6.07, 6.45) is 1.41. The number of Topliss-reactive ketones (excluding diaryl/α,β-unsaturated/α-hetero) is 1. The van der Waals surface area contributed by atoms with Gasteiger partial charge in [-0.1, -0.05) is 43.3 Å². The highest BCUT2D eigenvalue weighted by Crippen LogP contribution is 2.33. The molecule has 2 atom stereocenters. The Labute approximate surface area is 112 Å². The van der Waals surface area contributed by atoms with Crippen LogP contribution in [-0.4, -0.2) is 5.78 Å². The molecule has 0 saturated heterocycles. The Kier molecular flexibility index (Phi) is 2.86. The normalized spacial score (nSPS) is 23.1. The van der Waals surface area contributed by atoms with Gasteiger partial charge in [0, 0.05) is 5.57 Å². The molecule has 0 radical (unpaired) electrons. The zero-order valence-electron chi connectivity index (χ0n) is 11.1. The van der Waals surface area contributed by atoms with Crippen LogP contribution >= 0.6 is 0 Å². The van der Waals surface area contributed by atoms with Gasteiger partial charge in [-0.15, -0.1) is 0 Å². The summed E-state index contributed by atoms with van der Waals surface area (Å²) in [6.45, 7) is 3.73. The van der Waals surface area contributed by atoms with Crippen LogP contribution in [0.4, 0.5) is 0 Å². The van der Waals surface area contributed by atoms with Crippen LogP contribution < -0.4 is 0 Å². The van der Waals surface area contributed by atoms with E-state index in [2.05, 4.69) is 24.3 Å². The van der Waals surface area contributed by atoms with Gasteiger partial charge in [-0.3, -0.25) is 4.79 Å². The van der Waals surface area contributed by atoms with Gasteiger partial charge in [-0.05, 0) is 29.3 Å². The molecular formula is C17H16O2. The number of hydrogen-bond donors (Lipinski definition) is 0. The fourth-order valence-corrected chi connectivity index (χ4v) is 2.60. The summed E-state index contributed by atoms with van der Waals surface area (Å²) >= 11 is 0. The Balaban J connectivity index is 2.03. The molecule has 2 heteroatoms. The van der Waals surface area contributed by atoms with Crippen molar-refractivity contribution in [1.82, 2.24) is 0 Å². The van der Waals surface area contributed by atoms with Gasteiger partial charge in [-0.2, -0.15) is 0 Å². The summed E-state index contributed by atoms with van der Waals surface area (Å²) in [7, 11) is 0. The van der Waals surface area contributed by atoms with Gasteiger partial charge >= 0.3 is 0 Å². The Morgan fingerprint density at radius 2 is 1.79 bits per heavy atom. The van der Waals surface area contributed by atoms with Crippen molar-refractivity contribution in [2.24, 2.45) is 5.92 Å². The standard InChI is InChI=1S/C17H16O2/c1-11-10-19-17(12(2)16(11)18)15-8-7-13-5-3-4-6-14(13)9-15/h3-10,12,17H,1-2H3/t12-,17-/m1/s1. The van der Waals surface area contributed by atoms with Crippen LogP contribution in [-0.2, 0) is 9.53 Å². The Bertz CT molecular complexity index is 670. The summed E-state index contributed by atoms with van der Waals surface area (Å²) in [5.41, 5.74) is 1.76. The molecule has 0 amide bonds. The smallest absolute Gasteiger partial charge is 0.168 e. The number of benzene rings is 2. The number of ketones is 1. The molecule has 3 rings (SSSR count). The first-order valence-electron chi connectivity index (χ1n) is 6.52. The Morgan fingerprint density at radius 3 is 2.58 bits per heavy atom. The number of rotatable bonds is 1. The maximum atomic E-state index is 12.0. The second-order valence-electron chi connectivity index (χ2n) is 5.12. The second kappa shape index (κ2) is 4.54. The van der Waals surface area contributed by atoms with Gasteiger partial charge in [0.25, 0.3) is 0 Å². The third kappa shape index (κ3) is 2.03. The van der Waals surface area contributed by atoms with E-state index in [1.165, 1.54) is 10.8 Å². The zero-order chi connectivity index (χ0) is 13.4. The van der Waals surface area contributed by atoms with Crippen molar-refractivity contribution < 1.29 is 9.53 Å². The molecule has 96 valence electrons. The lowest BCUT2D eigenvalue weighted by molar-refractivity contribution is -0.124. The number of hydrogen-bond acceptors (Lipinski definition) is 2. The monoisotopic (exact) mass is 252 g/mol. The van der Waals surface area contributed by atoms with Crippen LogP contribution in [0.2, 0.25) is 0 Å². The van der Waals surface area contributed by atoms with Crippen LogP contribution in [0.5, 0.6) is 0 Å². The average molecular weight is 252 g/mol. The lowest BCUT2D eigenvalue weighted by Gasteiger charge is -2.27. The fourth-order valence-electron chi connectivity index (χ4n) is 2.60. The Morgan fingerprint density at radius 1 is 1.05 bits per heavy atom. The minimum atomic E-state index is -0.180. The molecule has 2 aromatic carbocycles. The lowest BCUT2D eigenvalue weighted by Crippen LogP contribution is -2.25. The summed E-state index contributed by atoms with van der Waals surface area (Å²) in [4.78, 5) is 12.0. The predicted octanol–water partition coefficient (Wildman–Crippen LogP) is 4.02. The van der Waals surface area contributed by atoms with Crippen LogP contribution in [0.25, 0.3) is 10.8 Å². The SMILES string of the molecule is CC1=CO[C@@H](c2ccc3ccccc3c2)[C@H](C)C1=O. The van der Waals surface area contributed by atoms with E-state index >= 15 is 0 Å². The molecule has 2 nitrogen and oxygen atoms in total. The Hall–Kier alpha value is -2.09. The van der Waals surface area contributed by atoms with E-state index in [0.717, 1.165) is 5.56 Å². The molecule has 1 aliphatic heterocycles. The minimum absolute atomic E-state index is 0.133. The van der Waals surface area contributed by atoms with E-state index in [1.807, 2.05) is 25.1 Å². The van der Waals surface area contributed by atoms with Crippen molar-refractivity contribution in [3.05, 3.63) is 59.9 Å². The van der Waals surface area contributed by atoms with E-state index in [0.29, 0.717) is 5.57 Å². The molecule has 0 fully saturated rings. The van der Waals surface area contributed by atoms with Gasteiger partial charge in [-0.25, -0.2) is 0 Å². The average Bonchev–Trinajstić information content (AvgIpc) is 2.44. The molecule has 19 heavy (non-hydrogen) atoms. The largest absolute Gasteiger partial charge is 0.492 e. The number of ether oxygens (including phenoxy) is 1. The summed E-state index contributed by atoms with van der Waals surface area (Å²) in [5, 5.41) is 2.38. The van der Waals surface area contributed by atoms with Crippen LogP contribution in [0.1, 0.15) is 25.5 Å². The number of fused-ring (bicyclic) bond motifs is 1. The third-order valence-corrected chi connectivity index (χ3v) is 3.75. The highest BCUT2D eigenvalue weighted by Gasteiger charge is 2.31. The molecular weight excluding hydrogens is 236 g/mol.